The van der Waals surface area contributed by atoms with Crippen molar-refractivity contribution < 1.29 is 10.0 Å². The summed E-state index contributed by atoms with van der Waals surface area (Å²) in [6.07, 6.45) is 1.77. The fraction of sp³-hybridized carbons (Fsp3) is 0.235. The van der Waals surface area contributed by atoms with Gasteiger partial charge in [0.15, 0.2) is 0 Å². The van der Waals surface area contributed by atoms with E-state index < -0.39 is 5.91 Å². The molecule has 4 nitrogen and oxygen atoms in total. The molecule has 2 aromatic rings. The van der Waals surface area contributed by atoms with Crippen LogP contribution in [0.1, 0.15) is 21.5 Å². The van der Waals surface area contributed by atoms with Crippen LogP contribution in [0.5, 0.6) is 0 Å². The molecule has 0 atom stereocenters. The highest BCUT2D eigenvalue weighted by Gasteiger charge is 2.05. The van der Waals surface area contributed by atoms with Gasteiger partial charge in [-0.05, 0) is 48.2 Å². The summed E-state index contributed by atoms with van der Waals surface area (Å²) in [4.78, 5) is 13.4. The predicted octanol–water partition coefficient (Wildman–Crippen LogP) is 2.66. The summed E-state index contributed by atoms with van der Waals surface area (Å²) in [5.74, 6) is -0.479. The lowest BCUT2D eigenvalue weighted by Gasteiger charge is -2.12. The second-order valence-electron chi connectivity index (χ2n) is 5.20. The molecule has 4 heteroatoms. The molecule has 0 spiro atoms. The number of hydrogen-bond donors (Lipinski definition) is 2. The fourth-order valence-electron chi connectivity index (χ4n) is 2.18. The first kappa shape index (κ1) is 15.1. The maximum Gasteiger partial charge on any atom is 0.274 e. The molecule has 0 saturated heterocycles. The van der Waals surface area contributed by atoms with Crippen LogP contribution in [0, 0.1) is 0 Å². The van der Waals surface area contributed by atoms with Gasteiger partial charge in [0.2, 0.25) is 0 Å². The standard InChI is InChI=1S/C17H20N2O2/c1-19(2)16-10-8-13(9-11-16)6-7-14-4-3-5-15(12-14)17(20)18-21/h3-5,8-12,21H,6-7H2,1-2H3,(H,18,20). The van der Waals surface area contributed by atoms with Gasteiger partial charge in [-0.2, -0.15) is 0 Å². The van der Waals surface area contributed by atoms with Crippen molar-refractivity contribution in [1.29, 1.82) is 0 Å². The number of aryl methyl sites for hydroxylation is 2. The Morgan fingerprint density at radius 3 is 2.33 bits per heavy atom. The molecule has 2 aromatic carbocycles. The van der Waals surface area contributed by atoms with Crippen molar-refractivity contribution in [3.63, 3.8) is 0 Å². The number of nitrogens with one attached hydrogen (secondary N) is 1. The van der Waals surface area contributed by atoms with Crippen LogP contribution in [-0.4, -0.2) is 25.2 Å². The summed E-state index contributed by atoms with van der Waals surface area (Å²) in [5.41, 5.74) is 5.65. The molecule has 110 valence electrons. The van der Waals surface area contributed by atoms with Crippen LogP contribution in [-0.2, 0) is 12.8 Å². The third-order valence-electron chi connectivity index (χ3n) is 3.45. The first-order valence-electron chi connectivity index (χ1n) is 6.90. The van der Waals surface area contributed by atoms with Crippen molar-refractivity contribution >= 4 is 11.6 Å². The van der Waals surface area contributed by atoms with E-state index in [-0.39, 0.29) is 0 Å². The van der Waals surface area contributed by atoms with Crippen LogP contribution in [0.25, 0.3) is 0 Å². The molecule has 2 rings (SSSR count). The number of hydrogen-bond acceptors (Lipinski definition) is 3. The molecule has 2 N–H and O–H groups in total. The van der Waals surface area contributed by atoms with E-state index in [2.05, 4.69) is 29.2 Å². The smallest absolute Gasteiger partial charge is 0.274 e. The van der Waals surface area contributed by atoms with Crippen LogP contribution in [0.15, 0.2) is 48.5 Å². The number of rotatable bonds is 5. The Labute approximate surface area is 125 Å². The lowest BCUT2D eigenvalue weighted by atomic mass is 10.0. The summed E-state index contributed by atoms with van der Waals surface area (Å²) < 4.78 is 0. The topological polar surface area (TPSA) is 52.6 Å². The quantitative estimate of drug-likeness (QED) is 0.655. The minimum Gasteiger partial charge on any atom is -0.378 e. The number of carbonyl (C=O) groups excluding carboxylic acids is 1. The highest BCUT2D eigenvalue weighted by molar-refractivity contribution is 5.93. The molecule has 0 unspecified atom stereocenters. The van der Waals surface area contributed by atoms with Crippen LogP contribution in [0.4, 0.5) is 5.69 Å². The number of anilines is 1. The minimum atomic E-state index is -0.479. The van der Waals surface area contributed by atoms with Gasteiger partial charge in [0.05, 0.1) is 0 Å². The Kier molecular flexibility index (Phi) is 4.95. The molecular formula is C17H20N2O2. The van der Waals surface area contributed by atoms with Gasteiger partial charge in [-0.15, -0.1) is 0 Å². The second-order valence-corrected chi connectivity index (χ2v) is 5.20. The fourth-order valence-corrected chi connectivity index (χ4v) is 2.18. The molecular weight excluding hydrogens is 264 g/mol. The van der Waals surface area contributed by atoms with Gasteiger partial charge in [0.25, 0.3) is 5.91 Å². The first-order valence-corrected chi connectivity index (χ1v) is 6.90. The van der Waals surface area contributed by atoms with E-state index in [0.717, 1.165) is 18.4 Å². The Balaban J connectivity index is 2.01. The van der Waals surface area contributed by atoms with Crippen molar-refractivity contribution in [2.75, 3.05) is 19.0 Å². The zero-order chi connectivity index (χ0) is 15.2. The van der Waals surface area contributed by atoms with E-state index in [1.807, 2.05) is 26.2 Å². The van der Waals surface area contributed by atoms with Gasteiger partial charge >= 0.3 is 0 Å². The van der Waals surface area contributed by atoms with Gasteiger partial charge in [0.1, 0.15) is 0 Å². The van der Waals surface area contributed by atoms with Crippen molar-refractivity contribution in [3.8, 4) is 0 Å². The molecule has 0 aliphatic carbocycles. The van der Waals surface area contributed by atoms with E-state index in [1.54, 1.807) is 17.6 Å². The molecule has 1 amide bonds. The maximum atomic E-state index is 11.4. The minimum absolute atomic E-state index is 0.470. The normalized spacial score (nSPS) is 10.2. The third-order valence-corrected chi connectivity index (χ3v) is 3.45. The summed E-state index contributed by atoms with van der Waals surface area (Å²) in [7, 11) is 4.04. The van der Waals surface area contributed by atoms with Gasteiger partial charge in [-0.1, -0.05) is 24.3 Å². The third kappa shape index (κ3) is 4.07. The molecule has 0 aromatic heterocycles. The lowest BCUT2D eigenvalue weighted by Crippen LogP contribution is -2.18. The monoisotopic (exact) mass is 284 g/mol. The van der Waals surface area contributed by atoms with E-state index in [9.17, 15) is 4.79 Å². The number of nitrogens with zero attached hydrogens (tertiary/aromatic N) is 1. The summed E-state index contributed by atoms with van der Waals surface area (Å²) in [5, 5.41) is 8.65. The van der Waals surface area contributed by atoms with E-state index in [4.69, 9.17) is 5.21 Å². The van der Waals surface area contributed by atoms with Gasteiger partial charge in [-0.3, -0.25) is 10.0 Å². The molecule has 0 bridgehead atoms. The highest BCUT2D eigenvalue weighted by atomic mass is 16.5. The first-order chi connectivity index (χ1) is 10.1. The molecule has 0 aliphatic heterocycles. The van der Waals surface area contributed by atoms with Crippen molar-refractivity contribution in [3.05, 3.63) is 65.2 Å². The van der Waals surface area contributed by atoms with Gasteiger partial charge < -0.3 is 4.90 Å². The highest BCUT2D eigenvalue weighted by Crippen LogP contribution is 2.14. The summed E-state index contributed by atoms with van der Waals surface area (Å²) in [6, 6.07) is 15.8. The SMILES string of the molecule is CN(C)c1ccc(CCc2cccc(C(=O)NO)c2)cc1. The van der Waals surface area contributed by atoms with Crippen LogP contribution in [0.2, 0.25) is 0 Å². The Morgan fingerprint density at radius 2 is 1.71 bits per heavy atom. The molecule has 0 saturated carbocycles. The lowest BCUT2D eigenvalue weighted by molar-refractivity contribution is 0.0706. The van der Waals surface area contributed by atoms with Crippen molar-refractivity contribution in [1.82, 2.24) is 5.48 Å². The molecule has 0 fully saturated rings. The molecule has 21 heavy (non-hydrogen) atoms. The predicted molar refractivity (Wildman–Crippen MR) is 83.9 cm³/mol. The zero-order valence-electron chi connectivity index (χ0n) is 12.3. The Hall–Kier alpha value is -2.33. The van der Waals surface area contributed by atoms with E-state index >= 15 is 0 Å². The Morgan fingerprint density at radius 1 is 1.05 bits per heavy atom. The van der Waals surface area contributed by atoms with E-state index in [0.29, 0.717) is 5.56 Å². The van der Waals surface area contributed by atoms with Crippen LogP contribution < -0.4 is 10.4 Å². The van der Waals surface area contributed by atoms with E-state index in [1.165, 1.54) is 11.3 Å². The average Bonchev–Trinajstić information content (AvgIpc) is 2.52. The van der Waals surface area contributed by atoms with Crippen LogP contribution in [0.3, 0.4) is 0 Å². The summed E-state index contributed by atoms with van der Waals surface area (Å²) in [6.45, 7) is 0. The van der Waals surface area contributed by atoms with Crippen molar-refractivity contribution in [2.24, 2.45) is 0 Å². The largest absolute Gasteiger partial charge is 0.378 e. The van der Waals surface area contributed by atoms with Crippen LogP contribution >= 0.6 is 0 Å². The average molecular weight is 284 g/mol. The van der Waals surface area contributed by atoms with Gasteiger partial charge in [0, 0.05) is 25.3 Å². The van der Waals surface area contributed by atoms with Crippen molar-refractivity contribution in [2.45, 2.75) is 12.8 Å². The molecule has 0 aliphatic rings. The Bertz CT molecular complexity index is 606. The molecule has 0 heterocycles. The number of hydroxylamine groups is 1. The number of carbonyl (C=O) groups is 1. The number of benzene rings is 2. The zero-order valence-corrected chi connectivity index (χ0v) is 12.3. The van der Waals surface area contributed by atoms with Gasteiger partial charge in [-0.25, -0.2) is 5.48 Å². The maximum absolute atomic E-state index is 11.4. The number of amides is 1. The summed E-state index contributed by atoms with van der Waals surface area (Å²) >= 11 is 0. The molecule has 0 radical (unpaired) electrons. The second kappa shape index (κ2) is 6.90.